The second-order valence-electron chi connectivity index (χ2n) is 6.92. The van der Waals surface area contributed by atoms with Gasteiger partial charge < -0.3 is 5.32 Å². The first-order chi connectivity index (χ1) is 9.58. The van der Waals surface area contributed by atoms with Gasteiger partial charge in [0.2, 0.25) is 0 Å². The van der Waals surface area contributed by atoms with E-state index in [1.807, 2.05) is 26.0 Å². The fraction of sp³-hybridized carbons (Fsp3) is 0.647. The van der Waals surface area contributed by atoms with Gasteiger partial charge in [-0.1, -0.05) is 45.4 Å². The molecule has 0 radical (unpaired) electrons. The van der Waals surface area contributed by atoms with E-state index in [9.17, 15) is 8.42 Å². The average molecular weight is 311 g/mol. The molecule has 0 saturated heterocycles. The molecule has 0 bridgehead atoms. The van der Waals surface area contributed by atoms with Crippen molar-refractivity contribution in [2.45, 2.75) is 58.9 Å². The smallest absolute Gasteiger partial charge is 0.180 e. The van der Waals surface area contributed by atoms with Crippen molar-refractivity contribution in [1.29, 1.82) is 0 Å². The van der Waals surface area contributed by atoms with Crippen molar-refractivity contribution in [3.8, 4) is 0 Å². The van der Waals surface area contributed by atoms with Crippen LogP contribution in [0.1, 0.15) is 45.2 Å². The molecule has 3 nitrogen and oxygen atoms in total. The van der Waals surface area contributed by atoms with Gasteiger partial charge in [0.25, 0.3) is 0 Å². The molecule has 0 fully saturated rings. The number of aryl methyl sites for hydroxylation is 2. The zero-order valence-electron chi connectivity index (χ0n) is 14.2. The molecule has 1 atom stereocenters. The first-order valence-electron chi connectivity index (χ1n) is 7.61. The van der Waals surface area contributed by atoms with E-state index in [0.29, 0.717) is 4.90 Å². The summed E-state index contributed by atoms with van der Waals surface area (Å²) >= 11 is 0. The molecule has 0 spiro atoms. The molecular weight excluding hydrogens is 282 g/mol. The van der Waals surface area contributed by atoms with Crippen molar-refractivity contribution in [3.63, 3.8) is 0 Å². The molecule has 1 N–H and O–H groups in total. The fourth-order valence-corrected chi connectivity index (χ4v) is 4.45. The van der Waals surface area contributed by atoms with Crippen LogP contribution in [0, 0.1) is 19.3 Å². The predicted octanol–water partition coefficient (Wildman–Crippen LogP) is 3.49. The van der Waals surface area contributed by atoms with Gasteiger partial charge in [-0.05, 0) is 43.9 Å². The van der Waals surface area contributed by atoms with Gasteiger partial charge >= 0.3 is 0 Å². The van der Waals surface area contributed by atoms with Crippen molar-refractivity contribution in [3.05, 3.63) is 29.3 Å². The molecule has 120 valence electrons. The molecule has 1 aromatic rings. The Labute approximate surface area is 130 Å². The predicted molar refractivity (Wildman–Crippen MR) is 89.5 cm³/mol. The van der Waals surface area contributed by atoms with Crippen molar-refractivity contribution in [2.75, 3.05) is 12.3 Å². The molecule has 0 aliphatic rings. The molecule has 1 rings (SSSR count). The van der Waals surface area contributed by atoms with Gasteiger partial charge in [0, 0.05) is 6.04 Å². The molecule has 0 aliphatic heterocycles. The Morgan fingerprint density at radius 3 is 2.29 bits per heavy atom. The zero-order chi connectivity index (χ0) is 16.3. The van der Waals surface area contributed by atoms with E-state index in [0.717, 1.165) is 24.1 Å². The molecule has 1 unspecified atom stereocenters. The number of benzene rings is 1. The Hall–Kier alpha value is -0.870. The lowest BCUT2D eigenvalue weighted by molar-refractivity contribution is 0.288. The lowest BCUT2D eigenvalue weighted by atomic mass is 9.88. The van der Waals surface area contributed by atoms with Gasteiger partial charge in [-0.25, -0.2) is 8.42 Å². The zero-order valence-corrected chi connectivity index (χ0v) is 15.0. The van der Waals surface area contributed by atoms with Crippen molar-refractivity contribution in [2.24, 2.45) is 5.41 Å². The number of hydrogen-bond acceptors (Lipinski definition) is 3. The maximum atomic E-state index is 12.7. The van der Waals surface area contributed by atoms with E-state index >= 15 is 0 Å². The Kier molecular flexibility index (Phi) is 6.00. The maximum absolute atomic E-state index is 12.7. The highest BCUT2D eigenvalue weighted by Gasteiger charge is 2.30. The first kappa shape index (κ1) is 18.2. The highest BCUT2D eigenvalue weighted by Crippen LogP contribution is 2.25. The van der Waals surface area contributed by atoms with Crippen LogP contribution < -0.4 is 5.32 Å². The summed E-state index contributed by atoms with van der Waals surface area (Å²) in [5.41, 5.74) is 1.82. The summed E-state index contributed by atoms with van der Waals surface area (Å²) in [6.07, 6.45) is 0.996. The summed E-state index contributed by atoms with van der Waals surface area (Å²) < 4.78 is 25.5. The van der Waals surface area contributed by atoms with Crippen LogP contribution in [0.4, 0.5) is 0 Å². The molecule has 0 saturated carbocycles. The van der Waals surface area contributed by atoms with Gasteiger partial charge in [0.05, 0.1) is 10.6 Å². The van der Waals surface area contributed by atoms with Crippen LogP contribution in [0.5, 0.6) is 0 Å². The summed E-state index contributed by atoms with van der Waals surface area (Å²) in [6, 6.07) is 5.48. The third kappa shape index (κ3) is 5.11. The summed E-state index contributed by atoms with van der Waals surface area (Å²) in [4.78, 5) is 0.459. The van der Waals surface area contributed by atoms with Crippen molar-refractivity contribution in [1.82, 2.24) is 5.32 Å². The Balaban J connectivity index is 3.06. The minimum absolute atomic E-state index is 0.0526. The fourth-order valence-electron chi connectivity index (χ4n) is 2.39. The molecule has 4 heteroatoms. The van der Waals surface area contributed by atoms with E-state index in [-0.39, 0.29) is 17.2 Å². The van der Waals surface area contributed by atoms with Gasteiger partial charge in [-0.15, -0.1) is 0 Å². The molecule has 0 aliphatic carbocycles. The highest BCUT2D eigenvalue weighted by atomic mass is 32.2. The van der Waals surface area contributed by atoms with E-state index in [2.05, 4.69) is 33.0 Å². The number of nitrogens with one attached hydrogen (secondary N) is 1. The molecule has 1 aromatic carbocycles. The van der Waals surface area contributed by atoms with Gasteiger partial charge in [-0.2, -0.15) is 0 Å². The minimum atomic E-state index is -3.28. The average Bonchev–Trinajstić information content (AvgIpc) is 2.32. The van der Waals surface area contributed by atoms with Gasteiger partial charge in [0.15, 0.2) is 9.84 Å². The number of sulfone groups is 1. The SMILES string of the molecule is CCCNC(CS(=O)(=O)c1ccc(C)cc1C)C(C)(C)C. The number of hydrogen-bond donors (Lipinski definition) is 1. The van der Waals surface area contributed by atoms with Crippen molar-refractivity contribution < 1.29 is 8.42 Å². The topological polar surface area (TPSA) is 46.2 Å². The van der Waals surface area contributed by atoms with E-state index in [1.165, 1.54) is 0 Å². The van der Waals surface area contributed by atoms with E-state index in [4.69, 9.17) is 0 Å². The van der Waals surface area contributed by atoms with Crippen LogP contribution in [-0.4, -0.2) is 26.8 Å². The Morgan fingerprint density at radius 1 is 1.19 bits per heavy atom. The normalized spacial score (nSPS) is 14.2. The van der Waals surface area contributed by atoms with Crippen LogP contribution in [0.25, 0.3) is 0 Å². The van der Waals surface area contributed by atoms with Gasteiger partial charge in [-0.3, -0.25) is 0 Å². The highest BCUT2D eigenvalue weighted by molar-refractivity contribution is 7.91. The number of rotatable bonds is 6. The first-order valence-corrected chi connectivity index (χ1v) is 9.26. The summed E-state index contributed by atoms with van der Waals surface area (Å²) in [7, 11) is -3.28. The Morgan fingerprint density at radius 2 is 1.81 bits per heavy atom. The standard InChI is InChI=1S/C17H29NO2S/c1-7-10-18-16(17(4,5)6)12-21(19,20)15-9-8-13(2)11-14(15)3/h8-9,11,16,18H,7,10,12H2,1-6H3. The minimum Gasteiger partial charge on any atom is -0.312 e. The summed E-state index contributed by atoms with van der Waals surface area (Å²) in [5.74, 6) is 0.139. The maximum Gasteiger partial charge on any atom is 0.180 e. The monoisotopic (exact) mass is 311 g/mol. The van der Waals surface area contributed by atoms with Crippen LogP contribution in [0.3, 0.4) is 0 Å². The van der Waals surface area contributed by atoms with Crippen LogP contribution in [-0.2, 0) is 9.84 Å². The lowest BCUT2D eigenvalue weighted by Gasteiger charge is -2.31. The van der Waals surface area contributed by atoms with Crippen LogP contribution >= 0.6 is 0 Å². The van der Waals surface area contributed by atoms with Crippen molar-refractivity contribution >= 4 is 9.84 Å². The van der Waals surface area contributed by atoms with Crippen LogP contribution in [0.15, 0.2) is 23.1 Å². The molecular formula is C17H29NO2S. The molecule has 0 heterocycles. The third-order valence-electron chi connectivity index (χ3n) is 3.74. The quantitative estimate of drug-likeness (QED) is 0.874. The molecule has 21 heavy (non-hydrogen) atoms. The largest absolute Gasteiger partial charge is 0.312 e. The lowest BCUT2D eigenvalue weighted by Crippen LogP contribution is -2.45. The summed E-state index contributed by atoms with van der Waals surface area (Å²) in [5, 5.41) is 3.39. The van der Waals surface area contributed by atoms with E-state index < -0.39 is 9.84 Å². The second kappa shape index (κ2) is 6.93. The van der Waals surface area contributed by atoms with Gasteiger partial charge in [0.1, 0.15) is 0 Å². The van der Waals surface area contributed by atoms with E-state index in [1.54, 1.807) is 6.07 Å². The second-order valence-corrected chi connectivity index (χ2v) is 8.93. The third-order valence-corrected chi connectivity index (χ3v) is 5.64. The Bertz CT molecular complexity index is 571. The molecule has 0 aromatic heterocycles. The summed E-state index contributed by atoms with van der Waals surface area (Å²) in [6.45, 7) is 13.0. The van der Waals surface area contributed by atoms with Crippen LogP contribution in [0.2, 0.25) is 0 Å². The molecule has 0 amide bonds.